The highest BCUT2D eigenvalue weighted by atomic mass is 127. The van der Waals surface area contributed by atoms with Crippen LogP contribution in [0.3, 0.4) is 0 Å². The van der Waals surface area contributed by atoms with E-state index in [1.54, 1.807) is 14.2 Å². The Labute approximate surface area is 150 Å². The van der Waals surface area contributed by atoms with E-state index in [1.165, 1.54) is 0 Å². The summed E-state index contributed by atoms with van der Waals surface area (Å²) < 4.78 is 10.9. The van der Waals surface area contributed by atoms with Gasteiger partial charge in [-0.05, 0) is 30.5 Å². The lowest BCUT2D eigenvalue weighted by molar-refractivity contribution is 0.310. The lowest BCUT2D eigenvalue weighted by Gasteiger charge is -2.15. The number of nitrogens with one attached hydrogen (secondary N) is 2. The fourth-order valence-electron chi connectivity index (χ4n) is 1.81. The molecule has 0 aliphatic heterocycles. The third kappa shape index (κ3) is 7.20. The Morgan fingerprint density at radius 1 is 1.23 bits per heavy atom. The van der Waals surface area contributed by atoms with Crippen LogP contribution in [0.4, 0.5) is 0 Å². The Balaban J connectivity index is 0.00000441. The van der Waals surface area contributed by atoms with Gasteiger partial charge in [0.1, 0.15) is 0 Å². The summed E-state index contributed by atoms with van der Waals surface area (Å²) in [5.74, 6) is 2.90. The molecule has 0 heterocycles. The van der Waals surface area contributed by atoms with Gasteiger partial charge in [-0.2, -0.15) is 0 Å². The molecule has 0 spiro atoms. The number of halogens is 1. The number of aliphatic imine (C=N–C) groups is 1. The van der Waals surface area contributed by atoms with Gasteiger partial charge in [0.2, 0.25) is 0 Å². The minimum absolute atomic E-state index is 0. The van der Waals surface area contributed by atoms with Gasteiger partial charge < -0.3 is 20.1 Å². The topological polar surface area (TPSA) is 54.9 Å². The largest absolute Gasteiger partial charge is 0.493 e. The van der Waals surface area contributed by atoms with Crippen molar-refractivity contribution in [2.45, 2.75) is 27.3 Å². The summed E-state index contributed by atoms with van der Waals surface area (Å²) in [4.78, 5) is 4.21. The number of rotatable bonds is 7. The van der Waals surface area contributed by atoms with Gasteiger partial charge in [0.05, 0.1) is 13.7 Å². The fourth-order valence-corrected chi connectivity index (χ4v) is 1.81. The molecule has 1 rings (SSSR count). The van der Waals surface area contributed by atoms with Crippen LogP contribution in [-0.2, 0) is 6.54 Å². The molecule has 0 unspecified atom stereocenters. The molecule has 6 heteroatoms. The first-order chi connectivity index (χ1) is 10.1. The zero-order chi connectivity index (χ0) is 15.7. The van der Waals surface area contributed by atoms with Crippen LogP contribution in [0.5, 0.6) is 11.5 Å². The van der Waals surface area contributed by atoms with Crippen molar-refractivity contribution in [2.24, 2.45) is 10.9 Å². The van der Waals surface area contributed by atoms with Gasteiger partial charge in [-0.3, -0.25) is 4.99 Å². The molecule has 22 heavy (non-hydrogen) atoms. The summed E-state index contributed by atoms with van der Waals surface area (Å²) in [5, 5.41) is 6.57. The van der Waals surface area contributed by atoms with Crippen LogP contribution in [0.1, 0.15) is 26.3 Å². The summed E-state index contributed by atoms with van der Waals surface area (Å²) in [5.41, 5.74) is 1.12. The third-order valence-electron chi connectivity index (χ3n) is 2.89. The molecule has 0 saturated carbocycles. The zero-order valence-corrected chi connectivity index (χ0v) is 16.4. The Hall–Kier alpha value is -1.18. The number of hydrogen-bond donors (Lipinski definition) is 2. The minimum Gasteiger partial charge on any atom is -0.493 e. The highest BCUT2D eigenvalue weighted by molar-refractivity contribution is 14.0. The molecule has 1 aromatic rings. The van der Waals surface area contributed by atoms with Crippen LogP contribution in [0.15, 0.2) is 23.2 Å². The molecule has 0 amide bonds. The van der Waals surface area contributed by atoms with Gasteiger partial charge in [-0.15, -0.1) is 24.0 Å². The summed E-state index contributed by atoms with van der Waals surface area (Å²) >= 11 is 0. The standard InChI is InChI=1S/C16H27N3O2.HI/c1-6-21-15-9-13(7-8-14(15)20-5)11-19-16(17-4)18-10-12(2)3;/h7-9,12H,6,10-11H2,1-5H3,(H2,17,18,19);1H. The molecule has 0 saturated heterocycles. The van der Waals surface area contributed by atoms with E-state index in [1.807, 2.05) is 25.1 Å². The van der Waals surface area contributed by atoms with Gasteiger partial charge in [0.15, 0.2) is 17.5 Å². The molecular formula is C16H28IN3O2. The van der Waals surface area contributed by atoms with Crippen molar-refractivity contribution in [1.29, 1.82) is 0 Å². The molecule has 5 nitrogen and oxygen atoms in total. The Morgan fingerprint density at radius 2 is 1.95 bits per heavy atom. The molecule has 126 valence electrons. The molecule has 2 N–H and O–H groups in total. The van der Waals surface area contributed by atoms with Crippen molar-refractivity contribution in [3.63, 3.8) is 0 Å². The van der Waals surface area contributed by atoms with Crippen LogP contribution in [0.2, 0.25) is 0 Å². The molecule has 0 aromatic heterocycles. The fraction of sp³-hybridized carbons (Fsp3) is 0.562. The summed E-state index contributed by atoms with van der Waals surface area (Å²) in [7, 11) is 3.42. The monoisotopic (exact) mass is 421 g/mol. The minimum atomic E-state index is 0. The van der Waals surface area contributed by atoms with E-state index in [0.29, 0.717) is 19.1 Å². The third-order valence-corrected chi connectivity index (χ3v) is 2.89. The lowest BCUT2D eigenvalue weighted by Crippen LogP contribution is -2.38. The normalized spacial score (nSPS) is 10.9. The number of hydrogen-bond acceptors (Lipinski definition) is 3. The number of ether oxygens (including phenoxy) is 2. The number of nitrogens with zero attached hydrogens (tertiary/aromatic N) is 1. The van der Waals surface area contributed by atoms with Crippen molar-refractivity contribution in [3.8, 4) is 11.5 Å². The molecule has 0 aliphatic carbocycles. The van der Waals surface area contributed by atoms with Gasteiger partial charge in [-0.1, -0.05) is 19.9 Å². The molecule has 0 bridgehead atoms. The van der Waals surface area contributed by atoms with E-state index in [0.717, 1.165) is 29.6 Å². The SMILES string of the molecule is CCOc1cc(CNC(=NC)NCC(C)C)ccc1OC.I. The van der Waals surface area contributed by atoms with E-state index < -0.39 is 0 Å². The van der Waals surface area contributed by atoms with Crippen molar-refractivity contribution in [1.82, 2.24) is 10.6 Å². The first-order valence-corrected chi connectivity index (χ1v) is 7.34. The second-order valence-corrected chi connectivity index (χ2v) is 5.12. The van der Waals surface area contributed by atoms with Crippen LogP contribution in [0, 0.1) is 5.92 Å². The highest BCUT2D eigenvalue weighted by Crippen LogP contribution is 2.27. The maximum absolute atomic E-state index is 5.58. The Morgan fingerprint density at radius 3 is 2.50 bits per heavy atom. The molecule has 0 aliphatic rings. The van der Waals surface area contributed by atoms with E-state index in [9.17, 15) is 0 Å². The predicted octanol–water partition coefficient (Wildman–Crippen LogP) is 3.03. The van der Waals surface area contributed by atoms with Gasteiger partial charge >= 0.3 is 0 Å². The van der Waals surface area contributed by atoms with E-state index in [-0.39, 0.29) is 24.0 Å². The van der Waals surface area contributed by atoms with Crippen molar-refractivity contribution in [3.05, 3.63) is 23.8 Å². The first kappa shape index (κ1) is 20.8. The quantitative estimate of drug-likeness (QED) is 0.404. The molecule has 1 aromatic carbocycles. The van der Waals surface area contributed by atoms with Gasteiger partial charge in [0, 0.05) is 20.1 Å². The summed E-state index contributed by atoms with van der Waals surface area (Å²) in [6.07, 6.45) is 0. The number of methoxy groups -OCH3 is 1. The van der Waals surface area contributed by atoms with Crippen molar-refractivity contribution >= 4 is 29.9 Å². The van der Waals surface area contributed by atoms with Crippen LogP contribution >= 0.6 is 24.0 Å². The maximum Gasteiger partial charge on any atom is 0.191 e. The van der Waals surface area contributed by atoms with E-state index in [2.05, 4.69) is 29.5 Å². The summed E-state index contributed by atoms with van der Waals surface area (Å²) in [6, 6.07) is 5.93. The smallest absolute Gasteiger partial charge is 0.191 e. The predicted molar refractivity (Wildman–Crippen MR) is 103 cm³/mol. The number of guanidine groups is 1. The molecule has 0 radical (unpaired) electrons. The van der Waals surface area contributed by atoms with Crippen molar-refractivity contribution in [2.75, 3.05) is 27.3 Å². The molecular weight excluding hydrogens is 393 g/mol. The molecule has 0 fully saturated rings. The van der Waals surface area contributed by atoms with Gasteiger partial charge in [-0.25, -0.2) is 0 Å². The second-order valence-electron chi connectivity index (χ2n) is 5.12. The molecule has 0 atom stereocenters. The van der Waals surface area contributed by atoms with Crippen LogP contribution in [0.25, 0.3) is 0 Å². The number of benzene rings is 1. The highest BCUT2D eigenvalue weighted by Gasteiger charge is 2.06. The second kappa shape index (κ2) is 11.4. The Bertz CT molecular complexity index is 465. The average molecular weight is 421 g/mol. The average Bonchev–Trinajstić information content (AvgIpc) is 2.48. The van der Waals surface area contributed by atoms with Crippen LogP contribution < -0.4 is 20.1 Å². The lowest BCUT2D eigenvalue weighted by atomic mass is 10.2. The zero-order valence-electron chi connectivity index (χ0n) is 14.1. The first-order valence-electron chi connectivity index (χ1n) is 7.34. The van der Waals surface area contributed by atoms with Gasteiger partial charge in [0.25, 0.3) is 0 Å². The maximum atomic E-state index is 5.58. The van der Waals surface area contributed by atoms with E-state index in [4.69, 9.17) is 9.47 Å². The van der Waals surface area contributed by atoms with Crippen molar-refractivity contribution < 1.29 is 9.47 Å². The Kier molecular flexibility index (Phi) is 10.8. The van der Waals surface area contributed by atoms with Crippen LogP contribution in [-0.4, -0.2) is 33.3 Å². The summed E-state index contributed by atoms with van der Waals surface area (Å²) in [6.45, 7) is 8.48. The van der Waals surface area contributed by atoms with E-state index >= 15 is 0 Å².